The molecule has 148 valence electrons. The first-order chi connectivity index (χ1) is 14.3. The van der Waals surface area contributed by atoms with E-state index in [9.17, 15) is 4.79 Å². The topological polar surface area (TPSA) is 38.3 Å². The first kappa shape index (κ1) is 19.4. The van der Waals surface area contributed by atoms with E-state index in [1.54, 1.807) is 0 Å². The number of rotatable bonds is 6. The molecule has 0 atom stereocenters. The van der Waals surface area contributed by atoms with Crippen LogP contribution in [0.2, 0.25) is 0 Å². The number of ether oxygens (including phenoxy) is 1. The van der Waals surface area contributed by atoms with Gasteiger partial charge in [-0.3, -0.25) is 4.79 Å². The summed E-state index contributed by atoms with van der Waals surface area (Å²) in [6.07, 6.45) is 1.83. The summed E-state index contributed by atoms with van der Waals surface area (Å²) in [4.78, 5) is 13.4. The van der Waals surface area contributed by atoms with Crippen LogP contribution in [-0.2, 0) is 14.9 Å². The minimum absolute atomic E-state index is 0.0456. The van der Waals surface area contributed by atoms with Crippen LogP contribution in [0.4, 0.5) is 0 Å². The second-order valence-electron chi connectivity index (χ2n) is 7.73. The number of hydrogen-bond acceptors (Lipinski definition) is 2. The molecule has 0 spiro atoms. The van der Waals surface area contributed by atoms with E-state index >= 15 is 0 Å². The van der Waals surface area contributed by atoms with Gasteiger partial charge in [0.25, 0.3) is 0 Å². The van der Waals surface area contributed by atoms with Crippen LogP contribution in [0.5, 0.6) is 0 Å². The van der Waals surface area contributed by atoms with Gasteiger partial charge >= 0.3 is 0 Å². The third kappa shape index (κ3) is 4.41. The largest absolute Gasteiger partial charge is 0.381 e. The van der Waals surface area contributed by atoms with Gasteiger partial charge in [0.15, 0.2) is 0 Å². The van der Waals surface area contributed by atoms with Gasteiger partial charge in [0, 0.05) is 25.2 Å². The molecule has 1 amide bonds. The van der Waals surface area contributed by atoms with Gasteiger partial charge in [-0.05, 0) is 29.5 Å². The average molecular weight is 386 g/mol. The first-order valence-electron chi connectivity index (χ1n) is 10.3. The number of hydrogen-bond donors (Lipinski definition) is 1. The fourth-order valence-electron chi connectivity index (χ4n) is 4.27. The molecule has 1 aliphatic rings. The molecule has 1 fully saturated rings. The zero-order chi connectivity index (χ0) is 19.9. The minimum atomic E-state index is -0.315. The summed E-state index contributed by atoms with van der Waals surface area (Å²) in [7, 11) is 0. The van der Waals surface area contributed by atoms with Crippen LogP contribution in [-0.4, -0.2) is 25.7 Å². The molecule has 1 aliphatic heterocycles. The summed E-state index contributed by atoms with van der Waals surface area (Å²) in [5.74, 6) is -0.269. The monoisotopic (exact) mass is 385 g/mol. The van der Waals surface area contributed by atoms with Gasteiger partial charge in [-0.15, -0.1) is 0 Å². The molecule has 1 saturated heterocycles. The first-order valence-corrected chi connectivity index (χ1v) is 10.3. The smallest absolute Gasteiger partial charge is 0.232 e. The van der Waals surface area contributed by atoms with Crippen molar-refractivity contribution in [1.29, 1.82) is 0 Å². The summed E-state index contributed by atoms with van der Waals surface area (Å²) in [6.45, 7) is 2.08. The van der Waals surface area contributed by atoms with Gasteiger partial charge < -0.3 is 10.1 Å². The normalized spacial score (nSPS) is 15.8. The molecule has 3 aromatic rings. The summed E-state index contributed by atoms with van der Waals surface area (Å²) in [5.41, 5.74) is 3.22. The number of nitrogens with one attached hydrogen (secondary N) is 1. The van der Waals surface area contributed by atoms with Crippen LogP contribution in [0.15, 0.2) is 91.0 Å². The Morgan fingerprint density at radius 2 is 1.28 bits per heavy atom. The van der Waals surface area contributed by atoms with Crippen molar-refractivity contribution < 1.29 is 9.53 Å². The maximum absolute atomic E-state index is 13.4. The zero-order valence-electron chi connectivity index (χ0n) is 16.6. The number of amides is 1. The summed E-state index contributed by atoms with van der Waals surface area (Å²) < 4.78 is 5.63. The molecule has 0 aromatic heterocycles. The van der Waals surface area contributed by atoms with E-state index in [1.165, 1.54) is 5.56 Å². The van der Waals surface area contributed by atoms with Crippen molar-refractivity contribution in [2.24, 2.45) is 0 Å². The lowest BCUT2D eigenvalue weighted by molar-refractivity contribution is -0.122. The van der Waals surface area contributed by atoms with Gasteiger partial charge in [-0.2, -0.15) is 0 Å². The van der Waals surface area contributed by atoms with Crippen molar-refractivity contribution in [3.8, 4) is 0 Å². The zero-order valence-corrected chi connectivity index (χ0v) is 16.6. The Hall–Kier alpha value is -2.91. The molecule has 0 aliphatic carbocycles. The highest BCUT2D eigenvalue weighted by atomic mass is 16.5. The predicted octanol–water partition coefficient (Wildman–Crippen LogP) is 4.68. The molecule has 0 radical (unpaired) electrons. The lowest BCUT2D eigenvalue weighted by Gasteiger charge is -2.38. The third-order valence-electron chi connectivity index (χ3n) is 5.97. The average Bonchev–Trinajstić information content (AvgIpc) is 2.81. The molecule has 3 nitrogen and oxygen atoms in total. The highest BCUT2D eigenvalue weighted by Gasteiger charge is 2.35. The molecule has 3 aromatic carbocycles. The van der Waals surface area contributed by atoms with Crippen molar-refractivity contribution in [1.82, 2.24) is 5.32 Å². The van der Waals surface area contributed by atoms with Gasteiger partial charge in [0.1, 0.15) is 0 Å². The van der Waals surface area contributed by atoms with Crippen LogP contribution in [0, 0.1) is 0 Å². The lowest BCUT2D eigenvalue weighted by Crippen LogP contribution is -2.45. The molecule has 0 unspecified atom stereocenters. The Labute approximate surface area is 172 Å². The standard InChI is InChI=1S/C26H27NO2/c28-25(24(21-10-4-1-5-11-21)22-12-6-2-7-13-22)27-20-26(16-18-29-19-17-26)23-14-8-3-9-15-23/h1-15,24H,16-20H2,(H,27,28). The number of carbonyl (C=O) groups is 1. The molecule has 29 heavy (non-hydrogen) atoms. The van der Waals surface area contributed by atoms with E-state index in [1.807, 2.05) is 66.7 Å². The molecule has 0 saturated carbocycles. The second-order valence-corrected chi connectivity index (χ2v) is 7.73. The molecular weight excluding hydrogens is 358 g/mol. The fraction of sp³-hybridized carbons (Fsp3) is 0.269. The lowest BCUT2D eigenvalue weighted by atomic mass is 9.74. The third-order valence-corrected chi connectivity index (χ3v) is 5.97. The van der Waals surface area contributed by atoms with Crippen molar-refractivity contribution in [2.45, 2.75) is 24.2 Å². The van der Waals surface area contributed by atoms with E-state index < -0.39 is 0 Å². The Bertz CT molecular complexity index is 864. The Balaban J connectivity index is 1.59. The predicted molar refractivity (Wildman–Crippen MR) is 116 cm³/mol. The Kier molecular flexibility index (Phi) is 6.06. The molecule has 4 rings (SSSR count). The van der Waals surface area contributed by atoms with E-state index in [4.69, 9.17) is 4.74 Å². The van der Waals surface area contributed by atoms with Crippen LogP contribution in [0.1, 0.15) is 35.4 Å². The minimum Gasteiger partial charge on any atom is -0.381 e. The summed E-state index contributed by atoms with van der Waals surface area (Å²) in [5, 5.41) is 3.29. The van der Waals surface area contributed by atoms with E-state index in [0.717, 1.165) is 37.2 Å². The van der Waals surface area contributed by atoms with E-state index in [0.29, 0.717) is 6.54 Å². The fourth-order valence-corrected chi connectivity index (χ4v) is 4.27. The van der Waals surface area contributed by atoms with Crippen molar-refractivity contribution in [2.75, 3.05) is 19.8 Å². The highest BCUT2D eigenvalue weighted by molar-refractivity contribution is 5.87. The highest BCUT2D eigenvalue weighted by Crippen LogP contribution is 2.34. The quantitative estimate of drug-likeness (QED) is 0.669. The molecule has 3 heteroatoms. The van der Waals surface area contributed by atoms with Crippen molar-refractivity contribution >= 4 is 5.91 Å². The molecule has 0 bridgehead atoms. The number of carbonyl (C=O) groups excluding carboxylic acids is 1. The molecular formula is C26H27NO2. The Morgan fingerprint density at radius 1 is 0.793 bits per heavy atom. The van der Waals surface area contributed by atoms with Crippen molar-refractivity contribution in [3.05, 3.63) is 108 Å². The van der Waals surface area contributed by atoms with Crippen LogP contribution in [0.25, 0.3) is 0 Å². The van der Waals surface area contributed by atoms with Gasteiger partial charge in [-0.1, -0.05) is 91.0 Å². The second kappa shape index (κ2) is 9.06. The Morgan fingerprint density at radius 3 is 1.79 bits per heavy atom. The van der Waals surface area contributed by atoms with Gasteiger partial charge in [0.2, 0.25) is 5.91 Å². The number of benzene rings is 3. The van der Waals surface area contributed by atoms with Crippen LogP contribution >= 0.6 is 0 Å². The van der Waals surface area contributed by atoms with Crippen LogP contribution < -0.4 is 5.32 Å². The van der Waals surface area contributed by atoms with Gasteiger partial charge in [0.05, 0.1) is 5.92 Å². The van der Waals surface area contributed by atoms with Gasteiger partial charge in [-0.25, -0.2) is 0 Å². The summed E-state index contributed by atoms with van der Waals surface area (Å²) >= 11 is 0. The van der Waals surface area contributed by atoms with Crippen LogP contribution in [0.3, 0.4) is 0 Å². The molecule has 1 heterocycles. The maximum atomic E-state index is 13.4. The summed E-state index contributed by atoms with van der Waals surface area (Å²) in [6, 6.07) is 30.6. The maximum Gasteiger partial charge on any atom is 0.232 e. The molecule has 1 N–H and O–H groups in total. The van der Waals surface area contributed by atoms with E-state index in [2.05, 4.69) is 29.6 Å². The van der Waals surface area contributed by atoms with E-state index in [-0.39, 0.29) is 17.2 Å². The van der Waals surface area contributed by atoms with Crippen molar-refractivity contribution in [3.63, 3.8) is 0 Å². The SMILES string of the molecule is O=C(NCC1(c2ccccc2)CCOCC1)C(c1ccccc1)c1ccccc1.